The molecule has 3 N–H and O–H groups in total. The molecule has 5 nitrogen and oxygen atoms in total. The molecule has 19 heavy (non-hydrogen) atoms. The van der Waals surface area contributed by atoms with E-state index in [0.717, 1.165) is 6.54 Å². The van der Waals surface area contributed by atoms with E-state index >= 15 is 0 Å². The Labute approximate surface area is 115 Å². The average molecular weight is 264 g/mol. The fourth-order valence-electron chi connectivity index (χ4n) is 1.85. The van der Waals surface area contributed by atoms with Gasteiger partial charge >= 0.3 is 0 Å². The van der Waals surface area contributed by atoms with E-state index in [1.807, 2.05) is 31.0 Å². The van der Waals surface area contributed by atoms with Crippen LogP contribution in [-0.2, 0) is 11.3 Å². The number of hydrazine groups is 1. The number of ether oxygens (including phenoxy) is 1. The molecule has 0 aromatic heterocycles. The van der Waals surface area contributed by atoms with Crippen LogP contribution in [0.5, 0.6) is 0 Å². The second-order valence-electron chi connectivity index (χ2n) is 4.68. The molecule has 0 bridgehead atoms. The number of guanidine groups is 1. The van der Waals surface area contributed by atoms with Crippen LogP contribution >= 0.6 is 0 Å². The number of nitrogens with zero attached hydrogens (tertiary/aromatic N) is 2. The van der Waals surface area contributed by atoms with Crippen molar-refractivity contribution in [2.75, 3.05) is 20.8 Å². The molecule has 0 saturated carbocycles. The van der Waals surface area contributed by atoms with Gasteiger partial charge in [-0.3, -0.25) is 5.43 Å². The van der Waals surface area contributed by atoms with Crippen LogP contribution in [0.3, 0.4) is 0 Å². The largest absolute Gasteiger partial charge is 0.382 e. The Bertz CT molecular complexity index is 420. The molecule has 5 heteroatoms. The van der Waals surface area contributed by atoms with E-state index in [1.54, 1.807) is 7.11 Å². The number of nitrogens with two attached hydrogens (primary N) is 1. The summed E-state index contributed by atoms with van der Waals surface area (Å²) in [6.45, 7) is 5.42. The summed E-state index contributed by atoms with van der Waals surface area (Å²) in [5.41, 5.74) is 5.17. The van der Waals surface area contributed by atoms with Crippen molar-refractivity contribution in [3.05, 3.63) is 35.4 Å². The number of hydrogen-bond acceptors (Lipinski definition) is 3. The van der Waals surface area contributed by atoms with Crippen LogP contribution in [0, 0.1) is 6.92 Å². The number of nitrogens with one attached hydrogen (secondary N) is 1. The van der Waals surface area contributed by atoms with Gasteiger partial charge in [0.2, 0.25) is 5.96 Å². The van der Waals surface area contributed by atoms with Crippen molar-refractivity contribution in [1.82, 2.24) is 10.3 Å². The molecule has 0 heterocycles. The zero-order chi connectivity index (χ0) is 14.3. The molecule has 0 aliphatic carbocycles. The lowest BCUT2D eigenvalue weighted by molar-refractivity contribution is 0.185. The topological polar surface area (TPSA) is 62.9 Å². The van der Waals surface area contributed by atoms with E-state index in [0.29, 0.717) is 12.6 Å². The van der Waals surface area contributed by atoms with E-state index in [2.05, 4.69) is 29.5 Å². The molecule has 0 saturated heterocycles. The van der Waals surface area contributed by atoms with Gasteiger partial charge in [-0.1, -0.05) is 24.3 Å². The normalized spacial score (nSPS) is 13.2. The highest BCUT2D eigenvalue weighted by Gasteiger charge is 2.09. The summed E-state index contributed by atoms with van der Waals surface area (Å²) in [4.78, 5) is 6.49. The van der Waals surface area contributed by atoms with E-state index in [1.165, 1.54) is 11.1 Å². The average Bonchev–Trinajstić information content (AvgIpc) is 2.39. The zero-order valence-electron chi connectivity index (χ0n) is 12.2. The van der Waals surface area contributed by atoms with Gasteiger partial charge in [0, 0.05) is 20.7 Å². The highest BCUT2D eigenvalue weighted by Crippen LogP contribution is 2.09. The molecule has 1 rings (SSSR count). The van der Waals surface area contributed by atoms with Crippen molar-refractivity contribution >= 4 is 5.96 Å². The fraction of sp³-hybridized carbons (Fsp3) is 0.500. The van der Waals surface area contributed by atoms with E-state index in [9.17, 15) is 0 Å². The van der Waals surface area contributed by atoms with Gasteiger partial charge in [-0.25, -0.2) is 10.8 Å². The van der Waals surface area contributed by atoms with E-state index in [-0.39, 0.29) is 6.04 Å². The zero-order valence-corrected chi connectivity index (χ0v) is 12.2. The van der Waals surface area contributed by atoms with Gasteiger partial charge in [-0.05, 0) is 25.0 Å². The second-order valence-corrected chi connectivity index (χ2v) is 4.68. The third-order valence-corrected chi connectivity index (χ3v) is 2.91. The Balaban J connectivity index is 2.74. The number of methoxy groups -OCH3 is 1. The van der Waals surface area contributed by atoms with Gasteiger partial charge in [0.15, 0.2) is 0 Å². The highest BCUT2D eigenvalue weighted by molar-refractivity contribution is 5.79. The molecular formula is C14H24N4O. The van der Waals surface area contributed by atoms with Gasteiger partial charge in [-0.2, -0.15) is 0 Å². The molecule has 0 spiro atoms. The van der Waals surface area contributed by atoms with Crippen LogP contribution in [0.2, 0.25) is 0 Å². The Morgan fingerprint density at radius 2 is 2.16 bits per heavy atom. The third-order valence-electron chi connectivity index (χ3n) is 2.91. The van der Waals surface area contributed by atoms with Crippen molar-refractivity contribution in [1.29, 1.82) is 0 Å². The first-order valence-electron chi connectivity index (χ1n) is 6.37. The minimum absolute atomic E-state index is 0.0652. The molecule has 0 amide bonds. The SMILES string of the molecule is COCC(C)N=C(NN)N(C)Cc1ccccc1C. The van der Waals surface area contributed by atoms with Crippen LogP contribution < -0.4 is 11.3 Å². The molecule has 0 radical (unpaired) electrons. The fourth-order valence-corrected chi connectivity index (χ4v) is 1.85. The van der Waals surface area contributed by atoms with Crippen LogP contribution in [0.15, 0.2) is 29.3 Å². The summed E-state index contributed by atoms with van der Waals surface area (Å²) >= 11 is 0. The summed E-state index contributed by atoms with van der Waals surface area (Å²) in [6, 6.07) is 8.35. The van der Waals surface area contributed by atoms with Gasteiger partial charge in [-0.15, -0.1) is 0 Å². The maximum Gasteiger partial charge on any atom is 0.208 e. The Morgan fingerprint density at radius 3 is 2.74 bits per heavy atom. The molecule has 1 atom stereocenters. The minimum Gasteiger partial charge on any atom is -0.382 e. The molecule has 1 aromatic carbocycles. The smallest absolute Gasteiger partial charge is 0.208 e. The van der Waals surface area contributed by atoms with Crippen molar-refractivity contribution in [3.8, 4) is 0 Å². The number of rotatable bonds is 5. The van der Waals surface area contributed by atoms with Crippen molar-refractivity contribution in [3.63, 3.8) is 0 Å². The lowest BCUT2D eigenvalue weighted by Gasteiger charge is -2.22. The first kappa shape index (κ1) is 15.5. The maximum atomic E-state index is 5.55. The number of aryl methyl sites for hydroxylation is 1. The number of aliphatic imine (C=N–C) groups is 1. The second kappa shape index (κ2) is 7.76. The van der Waals surface area contributed by atoms with Gasteiger partial charge in [0.25, 0.3) is 0 Å². The molecule has 0 fully saturated rings. The van der Waals surface area contributed by atoms with E-state index in [4.69, 9.17) is 10.6 Å². The summed E-state index contributed by atoms with van der Waals surface area (Å²) in [5.74, 6) is 6.21. The van der Waals surface area contributed by atoms with Crippen LogP contribution in [0.1, 0.15) is 18.1 Å². The predicted molar refractivity (Wildman–Crippen MR) is 78.7 cm³/mol. The van der Waals surface area contributed by atoms with Gasteiger partial charge < -0.3 is 9.64 Å². The summed E-state index contributed by atoms with van der Waals surface area (Å²) in [5, 5.41) is 0. The Hall–Kier alpha value is -1.59. The van der Waals surface area contributed by atoms with Crippen LogP contribution in [0.4, 0.5) is 0 Å². The minimum atomic E-state index is 0.0652. The van der Waals surface area contributed by atoms with Crippen molar-refractivity contribution in [2.24, 2.45) is 10.8 Å². The number of hydrogen-bond donors (Lipinski definition) is 2. The van der Waals surface area contributed by atoms with Crippen LogP contribution in [0.25, 0.3) is 0 Å². The maximum absolute atomic E-state index is 5.55. The first-order valence-corrected chi connectivity index (χ1v) is 6.37. The molecule has 0 aliphatic heterocycles. The first-order chi connectivity index (χ1) is 9.08. The predicted octanol–water partition coefficient (Wildman–Crippen LogP) is 1.28. The molecule has 0 aliphatic rings. The quantitative estimate of drug-likeness (QED) is 0.364. The molecule has 106 valence electrons. The monoisotopic (exact) mass is 264 g/mol. The Kier molecular flexibility index (Phi) is 6.32. The number of benzene rings is 1. The standard InChI is InChI=1S/C14H24N4O/c1-11-7-5-6-8-13(11)9-18(3)14(17-15)16-12(2)10-19-4/h5-8,12H,9-10,15H2,1-4H3,(H,16,17). The van der Waals surface area contributed by atoms with Crippen molar-refractivity contribution < 1.29 is 4.74 Å². The third kappa shape index (κ3) is 4.89. The summed E-state index contributed by atoms with van der Waals surface area (Å²) < 4.78 is 5.07. The van der Waals surface area contributed by atoms with Crippen molar-refractivity contribution in [2.45, 2.75) is 26.4 Å². The lowest BCUT2D eigenvalue weighted by atomic mass is 10.1. The van der Waals surface area contributed by atoms with E-state index < -0.39 is 0 Å². The summed E-state index contributed by atoms with van der Waals surface area (Å²) in [7, 11) is 3.63. The molecule has 1 unspecified atom stereocenters. The Morgan fingerprint density at radius 1 is 1.47 bits per heavy atom. The molecular weight excluding hydrogens is 240 g/mol. The highest BCUT2D eigenvalue weighted by atomic mass is 16.5. The van der Waals surface area contributed by atoms with Gasteiger partial charge in [0.05, 0.1) is 12.6 Å². The lowest BCUT2D eigenvalue weighted by Crippen LogP contribution is -2.43. The van der Waals surface area contributed by atoms with Gasteiger partial charge in [0.1, 0.15) is 0 Å². The molecule has 1 aromatic rings. The summed E-state index contributed by atoms with van der Waals surface area (Å²) in [6.07, 6.45) is 0. The van der Waals surface area contributed by atoms with Crippen LogP contribution in [-0.4, -0.2) is 37.7 Å².